The molecule has 2 rings (SSSR count). The van der Waals surface area contributed by atoms with Gasteiger partial charge in [-0.1, -0.05) is 55.6 Å². The Hall–Kier alpha value is -2.48. The number of hydrogen-bond acceptors (Lipinski definition) is 2. The summed E-state index contributed by atoms with van der Waals surface area (Å²) in [5, 5.41) is 0. The number of benzene rings is 2. The molecular weight excluding hydrogens is 248 g/mol. The first-order valence-corrected chi connectivity index (χ1v) is 6.35. The minimum absolute atomic E-state index is 0.693. The van der Waals surface area contributed by atoms with E-state index in [0.717, 1.165) is 22.3 Å². The smallest absolute Gasteiger partial charge is 0.168 e. The Labute approximate surface area is 120 Å². The zero-order valence-electron chi connectivity index (χ0n) is 11.8. The highest BCUT2D eigenvalue weighted by Gasteiger charge is 2.14. The molecule has 2 heteroatoms. The fourth-order valence-corrected chi connectivity index (χ4v) is 2.22. The molecule has 2 aromatic rings. The van der Waals surface area contributed by atoms with Crippen LogP contribution >= 0.6 is 0 Å². The number of ether oxygens (including phenoxy) is 2. The van der Waals surface area contributed by atoms with Crippen molar-refractivity contribution in [1.29, 1.82) is 0 Å². The molecule has 0 bridgehead atoms. The summed E-state index contributed by atoms with van der Waals surface area (Å²) in [4.78, 5) is 0. The number of hydrogen-bond donors (Lipinski definition) is 0. The maximum absolute atomic E-state index is 5.47. The molecule has 20 heavy (non-hydrogen) atoms. The maximum Gasteiger partial charge on any atom is 0.168 e. The van der Waals surface area contributed by atoms with Crippen LogP contribution in [-0.2, 0) is 0 Å². The van der Waals surface area contributed by atoms with Crippen LogP contribution in [0.5, 0.6) is 11.5 Å². The zero-order valence-corrected chi connectivity index (χ0v) is 11.8. The molecule has 0 radical (unpaired) electrons. The molecule has 0 unspecified atom stereocenters. The van der Waals surface area contributed by atoms with E-state index in [2.05, 4.69) is 13.2 Å². The topological polar surface area (TPSA) is 18.5 Å². The predicted octanol–water partition coefficient (Wildman–Crippen LogP) is 4.41. The first kappa shape index (κ1) is 13.9. The summed E-state index contributed by atoms with van der Waals surface area (Å²) in [5.41, 5.74) is 3.88. The van der Waals surface area contributed by atoms with Crippen LogP contribution in [0.2, 0.25) is 0 Å². The molecule has 0 N–H and O–H groups in total. The van der Waals surface area contributed by atoms with Crippen LogP contribution in [0.3, 0.4) is 0 Å². The van der Waals surface area contributed by atoms with Gasteiger partial charge in [0.15, 0.2) is 11.5 Å². The highest BCUT2D eigenvalue weighted by Crippen LogP contribution is 2.37. The van der Waals surface area contributed by atoms with Gasteiger partial charge in [0.1, 0.15) is 0 Å². The van der Waals surface area contributed by atoms with Crippen molar-refractivity contribution < 1.29 is 9.47 Å². The Morgan fingerprint density at radius 2 is 1.65 bits per heavy atom. The van der Waals surface area contributed by atoms with E-state index >= 15 is 0 Å². The molecular formula is C18H18O2. The average Bonchev–Trinajstić information content (AvgIpc) is 2.53. The van der Waals surface area contributed by atoms with Crippen molar-refractivity contribution in [3.8, 4) is 11.5 Å². The Kier molecular flexibility index (Phi) is 4.26. The summed E-state index contributed by atoms with van der Waals surface area (Å²) >= 11 is 0. The van der Waals surface area contributed by atoms with Crippen LogP contribution in [0.15, 0.2) is 55.6 Å². The predicted molar refractivity (Wildman–Crippen MR) is 84.2 cm³/mol. The third-order valence-electron chi connectivity index (χ3n) is 3.23. The highest BCUT2D eigenvalue weighted by molar-refractivity contribution is 5.86. The van der Waals surface area contributed by atoms with Gasteiger partial charge in [-0.2, -0.15) is 0 Å². The lowest BCUT2D eigenvalue weighted by Gasteiger charge is -2.15. The summed E-state index contributed by atoms with van der Waals surface area (Å²) in [5.74, 6) is 1.39. The first-order chi connectivity index (χ1) is 9.72. The number of para-hydroxylation sites is 1. The van der Waals surface area contributed by atoms with E-state index in [1.54, 1.807) is 14.2 Å². The van der Waals surface area contributed by atoms with Crippen LogP contribution in [0, 0.1) is 0 Å². The molecule has 0 fully saturated rings. The number of rotatable bonds is 5. The summed E-state index contributed by atoms with van der Waals surface area (Å²) < 4.78 is 10.8. The Morgan fingerprint density at radius 1 is 0.950 bits per heavy atom. The molecule has 0 amide bonds. The van der Waals surface area contributed by atoms with Crippen LogP contribution in [0.1, 0.15) is 16.7 Å². The number of methoxy groups -OCH3 is 2. The lowest BCUT2D eigenvalue weighted by molar-refractivity contribution is 0.354. The van der Waals surface area contributed by atoms with Crippen molar-refractivity contribution in [2.45, 2.75) is 0 Å². The lowest BCUT2D eigenvalue weighted by Crippen LogP contribution is -1.97. The summed E-state index contributed by atoms with van der Waals surface area (Å²) in [7, 11) is 3.26. The fraction of sp³-hybridized carbons (Fsp3) is 0.111. The van der Waals surface area contributed by atoms with Crippen molar-refractivity contribution in [1.82, 2.24) is 0 Å². The van der Waals surface area contributed by atoms with E-state index < -0.39 is 0 Å². The largest absolute Gasteiger partial charge is 0.493 e. The second kappa shape index (κ2) is 6.11. The minimum atomic E-state index is 0.693. The molecule has 0 aromatic heterocycles. The van der Waals surface area contributed by atoms with Gasteiger partial charge in [-0.25, -0.2) is 0 Å². The molecule has 0 spiro atoms. The first-order valence-electron chi connectivity index (χ1n) is 6.35. The second-order valence-corrected chi connectivity index (χ2v) is 4.31. The van der Waals surface area contributed by atoms with Gasteiger partial charge < -0.3 is 9.47 Å². The van der Waals surface area contributed by atoms with Crippen molar-refractivity contribution >= 4 is 11.6 Å². The summed E-state index contributed by atoms with van der Waals surface area (Å²) in [6.45, 7) is 8.05. The molecule has 0 aliphatic heterocycles. The molecule has 2 aromatic carbocycles. The summed E-state index contributed by atoms with van der Waals surface area (Å²) in [6, 6.07) is 13.8. The Balaban J connectivity index is 2.56. The van der Waals surface area contributed by atoms with Crippen molar-refractivity contribution in [2.75, 3.05) is 14.2 Å². The standard InChI is InChI=1S/C18H18O2/c1-5-14-9-6-7-10-15(14)13(2)16-11-8-12-17(19-3)18(16)20-4/h5-12H,1-2H2,3-4H3. The van der Waals surface area contributed by atoms with E-state index in [0.29, 0.717) is 11.5 Å². The lowest BCUT2D eigenvalue weighted by atomic mass is 9.94. The van der Waals surface area contributed by atoms with Crippen LogP contribution in [-0.4, -0.2) is 14.2 Å². The third-order valence-corrected chi connectivity index (χ3v) is 3.23. The molecule has 0 saturated carbocycles. The molecule has 0 atom stereocenters. The fourth-order valence-electron chi connectivity index (χ4n) is 2.22. The van der Waals surface area contributed by atoms with Gasteiger partial charge in [0.2, 0.25) is 0 Å². The SMILES string of the molecule is C=Cc1ccccc1C(=C)c1cccc(OC)c1OC. The van der Waals surface area contributed by atoms with Gasteiger partial charge in [-0.15, -0.1) is 0 Å². The average molecular weight is 266 g/mol. The molecule has 0 saturated heterocycles. The Bertz CT molecular complexity index is 642. The van der Waals surface area contributed by atoms with E-state index in [4.69, 9.17) is 9.47 Å². The van der Waals surface area contributed by atoms with E-state index in [9.17, 15) is 0 Å². The van der Waals surface area contributed by atoms with Gasteiger partial charge in [0, 0.05) is 5.56 Å². The molecule has 0 aliphatic rings. The monoisotopic (exact) mass is 266 g/mol. The van der Waals surface area contributed by atoms with E-state index in [-0.39, 0.29) is 0 Å². The molecule has 2 nitrogen and oxygen atoms in total. The Morgan fingerprint density at radius 3 is 2.30 bits per heavy atom. The second-order valence-electron chi connectivity index (χ2n) is 4.31. The van der Waals surface area contributed by atoms with Gasteiger partial charge in [-0.05, 0) is 22.8 Å². The quantitative estimate of drug-likeness (QED) is 0.798. The maximum atomic E-state index is 5.47. The zero-order chi connectivity index (χ0) is 14.5. The van der Waals surface area contributed by atoms with Gasteiger partial charge in [0.05, 0.1) is 14.2 Å². The van der Waals surface area contributed by atoms with Crippen LogP contribution < -0.4 is 9.47 Å². The van der Waals surface area contributed by atoms with Crippen molar-refractivity contribution in [3.05, 3.63) is 72.3 Å². The van der Waals surface area contributed by atoms with Gasteiger partial charge in [0.25, 0.3) is 0 Å². The van der Waals surface area contributed by atoms with Crippen LogP contribution in [0.4, 0.5) is 0 Å². The van der Waals surface area contributed by atoms with Gasteiger partial charge in [-0.3, -0.25) is 0 Å². The third kappa shape index (κ3) is 2.45. The van der Waals surface area contributed by atoms with Gasteiger partial charge >= 0.3 is 0 Å². The van der Waals surface area contributed by atoms with E-state index in [1.165, 1.54) is 0 Å². The minimum Gasteiger partial charge on any atom is -0.493 e. The normalized spacial score (nSPS) is 9.90. The molecule has 102 valence electrons. The molecule has 0 heterocycles. The summed E-state index contributed by atoms with van der Waals surface area (Å²) in [6.07, 6.45) is 1.83. The van der Waals surface area contributed by atoms with E-state index in [1.807, 2.05) is 48.5 Å². The van der Waals surface area contributed by atoms with Crippen LogP contribution in [0.25, 0.3) is 11.6 Å². The molecule has 0 aliphatic carbocycles. The highest BCUT2D eigenvalue weighted by atomic mass is 16.5. The van der Waals surface area contributed by atoms with Crippen molar-refractivity contribution in [3.63, 3.8) is 0 Å². The van der Waals surface area contributed by atoms with Crippen molar-refractivity contribution in [2.24, 2.45) is 0 Å².